The molecule has 172 valence electrons. The first-order chi connectivity index (χ1) is 16.4. The summed E-state index contributed by atoms with van der Waals surface area (Å²) < 4.78 is 0. The lowest BCUT2D eigenvalue weighted by atomic mass is 10.0. The van der Waals surface area contributed by atoms with Crippen molar-refractivity contribution in [3.8, 4) is 10.6 Å². The van der Waals surface area contributed by atoms with E-state index in [0.29, 0.717) is 25.7 Å². The molecule has 0 radical (unpaired) electrons. The zero-order chi connectivity index (χ0) is 24.1. The smallest absolute Gasteiger partial charge is 0.251 e. The molecule has 4 rings (SSSR count). The summed E-state index contributed by atoms with van der Waals surface area (Å²) in [6, 6.07) is 20.2. The summed E-state index contributed by atoms with van der Waals surface area (Å²) in [7, 11) is 0. The highest BCUT2D eigenvalue weighted by molar-refractivity contribution is 7.18. The molecule has 0 fully saturated rings. The second-order valence-electron chi connectivity index (χ2n) is 7.25. The first-order valence-corrected chi connectivity index (χ1v) is 12.0. The van der Waals surface area contributed by atoms with Crippen LogP contribution in [-0.2, 0) is 11.2 Å². The number of nitrogens with zero attached hydrogens (tertiary/aromatic N) is 2. The van der Waals surface area contributed by atoms with Crippen LogP contribution < -0.4 is 10.6 Å². The molecular formula is C24H17Cl3N4O2S. The molecule has 0 spiro atoms. The van der Waals surface area contributed by atoms with Crippen molar-refractivity contribution in [1.82, 2.24) is 15.5 Å². The molecule has 0 saturated carbocycles. The second kappa shape index (κ2) is 11.0. The van der Waals surface area contributed by atoms with E-state index in [2.05, 4.69) is 20.8 Å². The van der Waals surface area contributed by atoms with Crippen molar-refractivity contribution in [1.29, 1.82) is 0 Å². The van der Waals surface area contributed by atoms with Gasteiger partial charge in [-0.25, -0.2) is 0 Å². The van der Waals surface area contributed by atoms with Crippen LogP contribution in [0.15, 0.2) is 72.8 Å². The van der Waals surface area contributed by atoms with Gasteiger partial charge in [-0.3, -0.25) is 14.9 Å². The number of hydrogen-bond acceptors (Lipinski definition) is 5. The summed E-state index contributed by atoms with van der Waals surface area (Å²) in [5.41, 5.74) is 2.01. The number of nitrogens with one attached hydrogen (secondary N) is 2. The fourth-order valence-corrected chi connectivity index (χ4v) is 4.29. The van der Waals surface area contributed by atoms with Gasteiger partial charge in [-0.15, -0.1) is 10.2 Å². The van der Waals surface area contributed by atoms with E-state index in [0.717, 1.165) is 11.1 Å². The lowest BCUT2D eigenvalue weighted by Gasteiger charge is -2.18. The fourth-order valence-electron chi connectivity index (χ4n) is 3.11. The van der Waals surface area contributed by atoms with E-state index in [4.69, 9.17) is 34.8 Å². The summed E-state index contributed by atoms with van der Waals surface area (Å²) in [6.07, 6.45) is 0.280. The maximum absolute atomic E-state index is 13.1. The van der Waals surface area contributed by atoms with E-state index in [1.54, 1.807) is 18.2 Å². The Morgan fingerprint density at radius 3 is 2.32 bits per heavy atom. The third kappa shape index (κ3) is 6.12. The topological polar surface area (TPSA) is 84.0 Å². The van der Waals surface area contributed by atoms with Crippen molar-refractivity contribution in [2.45, 2.75) is 12.5 Å². The molecule has 2 amide bonds. The molecule has 34 heavy (non-hydrogen) atoms. The van der Waals surface area contributed by atoms with Gasteiger partial charge in [-0.05, 0) is 35.9 Å². The van der Waals surface area contributed by atoms with E-state index in [1.807, 2.05) is 42.5 Å². The second-order valence-corrected chi connectivity index (χ2v) is 9.48. The maximum Gasteiger partial charge on any atom is 0.251 e. The highest BCUT2D eigenvalue weighted by Crippen LogP contribution is 2.27. The minimum absolute atomic E-state index is 0.252. The number of carbonyl (C=O) groups is 2. The van der Waals surface area contributed by atoms with E-state index in [1.165, 1.54) is 23.5 Å². The van der Waals surface area contributed by atoms with Crippen LogP contribution in [-0.4, -0.2) is 28.1 Å². The molecule has 1 atom stereocenters. The van der Waals surface area contributed by atoms with Gasteiger partial charge in [0.15, 0.2) is 0 Å². The summed E-state index contributed by atoms with van der Waals surface area (Å²) >= 11 is 19.1. The molecular weight excluding hydrogens is 515 g/mol. The molecule has 0 bridgehead atoms. The summed E-state index contributed by atoms with van der Waals surface area (Å²) in [5, 5.41) is 15.9. The molecule has 0 saturated heterocycles. The zero-order valence-corrected chi connectivity index (χ0v) is 20.6. The van der Waals surface area contributed by atoms with E-state index >= 15 is 0 Å². The van der Waals surface area contributed by atoms with Gasteiger partial charge >= 0.3 is 0 Å². The van der Waals surface area contributed by atoms with Gasteiger partial charge in [0, 0.05) is 22.6 Å². The number of carbonyl (C=O) groups excluding carboxylic acids is 2. The predicted octanol–water partition coefficient (Wildman–Crippen LogP) is 6.15. The Labute approximate surface area is 214 Å². The van der Waals surface area contributed by atoms with Gasteiger partial charge in [0.2, 0.25) is 11.0 Å². The standard InChI is InChI=1S/C24H17Cl3N4O2S/c25-17-9-6-15(7-10-17)23-30-31-24(34-23)29-22(33)20(12-14-4-2-1-3-5-14)28-21(32)16-8-11-18(26)19(27)13-16/h1-11,13,20H,12H2,(H,28,32)(H,29,31,33). The maximum atomic E-state index is 13.1. The molecule has 0 aliphatic rings. The third-order valence-electron chi connectivity index (χ3n) is 4.83. The van der Waals surface area contributed by atoms with Gasteiger partial charge in [-0.1, -0.05) is 88.6 Å². The minimum atomic E-state index is -0.868. The Balaban J connectivity index is 1.52. The van der Waals surface area contributed by atoms with Crippen LogP contribution in [0.1, 0.15) is 15.9 Å². The molecule has 2 N–H and O–H groups in total. The van der Waals surface area contributed by atoms with E-state index in [9.17, 15) is 9.59 Å². The number of benzene rings is 3. The van der Waals surface area contributed by atoms with Crippen molar-refractivity contribution in [3.63, 3.8) is 0 Å². The highest BCUT2D eigenvalue weighted by Gasteiger charge is 2.24. The number of halogens is 3. The normalized spacial score (nSPS) is 11.6. The quantitative estimate of drug-likeness (QED) is 0.300. The Kier molecular flexibility index (Phi) is 7.80. The van der Waals surface area contributed by atoms with Gasteiger partial charge in [0.05, 0.1) is 10.0 Å². The lowest BCUT2D eigenvalue weighted by molar-refractivity contribution is -0.118. The monoisotopic (exact) mass is 530 g/mol. The Hall–Kier alpha value is -2.97. The first-order valence-electron chi connectivity index (χ1n) is 10.1. The van der Waals surface area contributed by atoms with Gasteiger partial charge in [0.25, 0.3) is 5.91 Å². The van der Waals surface area contributed by atoms with Crippen LogP contribution >= 0.6 is 46.1 Å². The Bertz CT molecular complexity index is 1310. The Morgan fingerprint density at radius 1 is 0.882 bits per heavy atom. The van der Waals surface area contributed by atoms with Crippen molar-refractivity contribution < 1.29 is 9.59 Å². The number of aromatic nitrogens is 2. The van der Waals surface area contributed by atoms with Crippen molar-refractivity contribution >= 4 is 63.1 Å². The average Bonchev–Trinajstić information content (AvgIpc) is 3.30. The molecule has 4 aromatic rings. The molecule has 3 aromatic carbocycles. The summed E-state index contributed by atoms with van der Waals surface area (Å²) in [6.45, 7) is 0. The van der Waals surface area contributed by atoms with Crippen LogP contribution in [0, 0.1) is 0 Å². The molecule has 1 heterocycles. The molecule has 6 nitrogen and oxygen atoms in total. The molecule has 0 aliphatic heterocycles. The summed E-state index contributed by atoms with van der Waals surface area (Å²) in [5.74, 6) is -0.871. The van der Waals surface area contributed by atoms with E-state index in [-0.39, 0.29) is 11.4 Å². The molecule has 10 heteroatoms. The Morgan fingerprint density at radius 2 is 1.62 bits per heavy atom. The van der Waals surface area contributed by atoms with Gasteiger partial charge in [-0.2, -0.15) is 0 Å². The lowest BCUT2D eigenvalue weighted by Crippen LogP contribution is -2.45. The van der Waals surface area contributed by atoms with Crippen LogP contribution in [0.3, 0.4) is 0 Å². The molecule has 0 aliphatic carbocycles. The van der Waals surface area contributed by atoms with Crippen molar-refractivity contribution in [2.24, 2.45) is 0 Å². The molecule has 1 unspecified atom stereocenters. The SMILES string of the molecule is O=C(NC(Cc1ccccc1)C(=O)Nc1nnc(-c2ccc(Cl)cc2)s1)c1ccc(Cl)c(Cl)c1. The zero-order valence-electron chi connectivity index (χ0n) is 17.5. The first kappa shape index (κ1) is 24.2. The summed E-state index contributed by atoms with van der Waals surface area (Å²) in [4.78, 5) is 26.0. The van der Waals surface area contributed by atoms with Gasteiger partial charge < -0.3 is 5.32 Å². The van der Waals surface area contributed by atoms with Crippen LogP contribution in [0.5, 0.6) is 0 Å². The van der Waals surface area contributed by atoms with Crippen LogP contribution in [0.4, 0.5) is 5.13 Å². The number of anilines is 1. The largest absolute Gasteiger partial charge is 0.340 e. The van der Waals surface area contributed by atoms with Crippen LogP contribution in [0.25, 0.3) is 10.6 Å². The predicted molar refractivity (Wildman–Crippen MR) is 137 cm³/mol. The third-order valence-corrected chi connectivity index (χ3v) is 6.71. The number of amides is 2. The van der Waals surface area contributed by atoms with Crippen molar-refractivity contribution in [3.05, 3.63) is 99.0 Å². The van der Waals surface area contributed by atoms with Gasteiger partial charge in [0.1, 0.15) is 11.0 Å². The average molecular weight is 532 g/mol. The number of rotatable bonds is 7. The molecule has 1 aromatic heterocycles. The minimum Gasteiger partial charge on any atom is -0.340 e. The fraction of sp³-hybridized carbons (Fsp3) is 0.0833. The van der Waals surface area contributed by atoms with Crippen LogP contribution in [0.2, 0.25) is 15.1 Å². The van der Waals surface area contributed by atoms with E-state index < -0.39 is 17.9 Å². The van der Waals surface area contributed by atoms with Crippen molar-refractivity contribution in [2.75, 3.05) is 5.32 Å². The highest BCUT2D eigenvalue weighted by atomic mass is 35.5. The number of hydrogen-bond donors (Lipinski definition) is 2.